The second-order valence-corrected chi connectivity index (χ2v) is 3.80. The van der Waals surface area contributed by atoms with Crippen molar-refractivity contribution in [1.29, 1.82) is 0 Å². The highest BCUT2D eigenvalue weighted by Crippen LogP contribution is 2.15. The maximum atomic E-state index is 13.0. The monoisotopic (exact) mass is 242 g/mol. The van der Waals surface area contributed by atoms with E-state index in [1.54, 1.807) is 14.0 Å². The van der Waals surface area contributed by atoms with Gasteiger partial charge in [-0.15, -0.1) is 0 Å². The fourth-order valence-corrected chi connectivity index (χ4v) is 1.47. The third kappa shape index (κ3) is 4.48. The predicted molar refractivity (Wildman–Crippen MR) is 61.5 cm³/mol. The average molecular weight is 242 g/mol. The first kappa shape index (κ1) is 13.6. The highest BCUT2D eigenvalue weighted by Gasteiger charge is 2.08. The van der Waals surface area contributed by atoms with Crippen LogP contribution >= 0.6 is 0 Å². The van der Waals surface area contributed by atoms with Gasteiger partial charge >= 0.3 is 0 Å². The van der Waals surface area contributed by atoms with E-state index in [0.717, 1.165) is 6.07 Å². The summed E-state index contributed by atoms with van der Waals surface area (Å²) in [6.45, 7) is 2.25. The van der Waals surface area contributed by atoms with E-state index >= 15 is 0 Å². The van der Waals surface area contributed by atoms with Crippen molar-refractivity contribution >= 4 is 5.91 Å². The van der Waals surface area contributed by atoms with Crippen LogP contribution in [0.1, 0.15) is 24.9 Å². The second-order valence-electron chi connectivity index (χ2n) is 3.80. The molecule has 0 saturated heterocycles. The van der Waals surface area contributed by atoms with Gasteiger partial charge in [-0.25, -0.2) is 8.78 Å². The summed E-state index contributed by atoms with van der Waals surface area (Å²) in [5.41, 5.74) is 0.527. The number of halogens is 2. The Balaban J connectivity index is 2.52. The van der Waals surface area contributed by atoms with E-state index in [0.29, 0.717) is 18.5 Å². The zero-order valence-electron chi connectivity index (χ0n) is 9.89. The van der Waals surface area contributed by atoms with Gasteiger partial charge in [0.05, 0.1) is 0 Å². The minimum atomic E-state index is -0.597. The second kappa shape index (κ2) is 6.30. The topological polar surface area (TPSA) is 41.1 Å². The minimum Gasteiger partial charge on any atom is -0.359 e. The first-order valence-corrected chi connectivity index (χ1v) is 5.43. The van der Waals surface area contributed by atoms with Gasteiger partial charge in [0.2, 0.25) is 5.91 Å². The van der Waals surface area contributed by atoms with Crippen LogP contribution in [0.2, 0.25) is 0 Å². The Labute approximate surface area is 99.2 Å². The molecule has 0 aromatic heterocycles. The molecule has 0 bridgehead atoms. The minimum absolute atomic E-state index is 0.0740. The van der Waals surface area contributed by atoms with Crippen molar-refractivity contribution in [2.24, 2.45) is 0 Å². The molecule has 1 amide bonds. The molecule has 17 heavy (non-hydrogen) atoms. The van der Waals surface area contributed by atoms with Gasteiger partial charge in [0, 0.05) is 32.1 Å². The average Bonchev–Trinajstić information content (AvgIpc) is 2.27. The summed E-state index contributed by atoms with van der Waals surface area (Å²) in [5.74, 6) is -1.27. The van der Waals surface area contributed by atoms with Crippen LogP contribution in [-0.4, -0.2) is 19.5 Å². The summed E-state index contributed by atoms with van der Waals surface area (Å²) in [4.78, 5) is 11.0. The Morgan fingerprint density at radius 2 is 1.88 bits per heavy atom. The van der Waals surface area contributed by atoms with E-state index in [2.05, 4.69) is 10.6 Å². The maximum Gasteiger partial charge on any atom is 0.221 e. The zero-order valence-corrected chi connectivity index (χ0v) is 9.89. The van der Waals surface area contributed by atoms with Crippen LogP contribution in [0.25, 0.3) is 0 Å². The van der Waals surface area contributed by atoms with Crippen LogP contribution < -0.4 is 10.6 Å². The molecule has 0 aliphatic rings. The lowest BCUT2D eigenvalue weighted by Gasteiger charge is -2.14. The van der Waals surface area contributed by atoms with Gasteiger partial charge < -0.3 is 10.6 Å². The summed E-state index contributed by atoms with van der Waals surface area (Å²) in [7, 11) is 1.56. The molecule has 0 fully saturated rings. The molecule has 0 saturated carbocycles. The number of hydrogen-bond acceptors (Lipinski definition) is 2. The lowest BCUT2D eigenvalue weighted by Crippen LogP contribution is -2.26. The predicted octanol–water partition coefficient (Wildman–Crippen LogP) is 1.75. The molecule has 3 nitrogen and oxygen atoms in total. The Morgan fingerprint density at radius 3 is 2.41 bits per heavy atom. The van der Waals surface area contributed by atoms with E-state index in [-0.39, 0.29) is 11.9 Å². The molecule has 1 aromatic rings. The van der Waals surface area contributed by atoms with Crippen molar-refractivity contribution in [3.63, 3.8) is 0 Å². The number of amides is 1. The third-order valence-electron chi connectivity index (χ3n) is 2.47. The van der Waals surface area contributed by atoms with Crippen molar-refractivity contribution in [3.05, 3.63) is 35.4 Å². The smallest absolute Gasteiger partial charge is 0.221 e. The molecule has 1 rings (SSSR count). The zero-order chi connectivity index (χ0) is 12.8. The molecule has 0 aliphatic heterocycles. The number of carbonyl (C=O) groups excluding carboxylic acids is 1. The normalized spacial score (nSPS) is 12.2. The lowest BCUT2D eigenvalue weighted by molar-refractivity contribution is -0.120. The number of nitrogens with one attached hydrogen (secondary N) is 2. The fraction of sp³-hybridized carbons (Fsp3) is 0.417. The van der Waals surface area contributed by atoms with Crippen molar-refractivity contribution in [2.75, 3.05) is 13.6 Å². The van der Waals surface area contributed by atoms with Crippen LogP contribution in [0, 0.1) is 11.6 Å². The van der Waals surface area contributed by atoms with E-state index in [1.165, 1.54) is 12.1 Å². The van der Waals surface area contributed by atoms with Gasteiger partial charge in [0.1, 0.15) is 11.6 Å². The highest BCUT2D eigenvalue weighted by atomic mass is 19.1. The van der Waals surface area contributed by atoms with E-state index in [1.807, 2.05) is 0 Å². The van der Waals surface area contributed by atoms with Crippen LogP contribution in [0.3, 0.4) is 0 Å². The van der Waals surface area contributed by atoms with Gasteiger partial charge in [-0.3, -0.25) is 4.79 Å². The Kier molecular flexibility index (Phi) is 5.03. The molecule has 0 spiro atoms. The summed E-state index contributed by atoms with van der Waals surface area (Å²) < 4.78 is 25.9. The highest BCUT2D eigenvalue weighted by molar-refractivity contribution is 5.75. The van der Waals surface area contributed by atoms with Gasteiger partial charge in [-0.05, 0) is 24.6 Å². The Morgan fingerprint density at radius 1 is 1.29 bits per heavy atom. The van der Waals surface area contributed by atoms with Gasteiger partial charge in [-0.2, -0.15) is 0 Å². The SMILES string of the molecule is CNC(=O)CCNC(C)c1cc(F)cc(F)c1. The number of rotatable bonds is 5. The van der Waals surface area contributed by atoms with Crippen molar-refractivity contribution in [3.8, 4) is 0 Å². The van der Waals surface area contributed by atoms with Crippen LogP contribution in [0.4, 0.5) is 8.78 Å². The summed E-state index contributed by atoms with van der Waals surface area (Å²) >= 11 is 0. The van der Waals surface area contributed by atoms with Crippen molar-refractivity contribution in [2.45, 2.75) is 19.4 Å². The summed E-state index contributed by atoms with van der Waals surface area (Å²) in [5, 5.41) is 5.52. The lowest BCUT2D eigenvalue weighted by atomic mass is 10.1. The molecular formula is C12H16F2N2O. The van der Waals surface area contributed by atoms with Gasteiger partial charge in [-0.1, -0.05) is 0 Å². The van der Waals surface area contributed by atoms with Gasteiger partial charge in [0.25, 0.3) is 0 Å². The molecule has 0 aliphatic carbocycles. The molecule has 1 atom stereocenters. The molecule has 94 valence electrons. The summed E-state index contributed by atoms with van der Waals surface area (Å²) in [6.07, 6.45) is 0.332. The maximum absolute atomic E-state index is 13.0. The Hall–Kier alpha value is -1.49. The molecule has 1 aromatic carbocycles. The molecule has 0 heterocycles. The van der Waals surface area contributed by atoms with Gasteiger partial charge in [0.15, 0.2) is 0 Å². The summed E-state index contributed by atoms with van der Waals surface area (Å²) in [6, 6.07) is 3.19. The van der Waals surface area contributed by atoms with Crippen LogP contribution in [0.15, 0.2) is 18.2 Å². The number of carbonyl (C=O) groups is 1. The van der Waals surface area contributed by atoms with Crippen molar-refractivity contribution < 1.29 is 13.6 Å². The quantitative estimate of drug-likeness (QED) is 0.826. The molecule has 5 heteroatoms. The van der Waals surface area contributed by atoms with Crippen molar-refractivity contribution in [1.82, 2.24) is 10.6 Å². The number of benzene rings is 1. The van der Waals surface area contributed by atoms with E-state index < -0.39 is 11.6 Å². The largest absolute Gasteiger partial charge is 0.359 e. The van der Waals surface area contributed by atoms with Crippen LogP contribution in [-0.2, 0) is 4.79 Å². The Bertz CT molecular complexity index is 376. The molecule has 2 N–H and O–H groups in total. The first-order valence-electron chi connectivity index (χ1n) is 5.43. The molecular weight excluding hydrogens is 226 g/mol. The van der Waals surface area contributed by atoms with Crippen LogP contribution in [0.5, 0.6) is 0 Å². The third-order valence-corrected chi connectivity index (χ3v) is 2.47. The molecule has 0 radical (unpaired) electrons. The van der Waals surface area contributed by atoms with E-state index in [9.17, 15) is 13.6 Å². The fourth-order valence-electron chi connectivity index (χ4n) is 1.47. The van der Waals surface area contributed by atoms with E-state index in [4.69, 9.17) is 0 Å². The molecule has 1 unspecified atom stereocenters. The number of hydrogen-bond donors (Lipinski definition) is 2. The first-order chi connectivity index (χ1) is 8.02. The standard InChI is InChI=1S/C12H16F2N2O/c1-8(16-4-3-12(17)15-2)9-5-10(13)7-11(14)6-9/h5-8,16H,3-4H2,1-2H3,(H,15,17).